The minimum atomic E-state index is -0.372. The maximum Gasteiger partial charge on any atom is 0.295 e. The van der Waals surface area contributed by atoms with Crippen LogP contribution in [0.5, 0.6) is 0 Å². The summed E-state index contributed by atoms with van der Waals surface area (Å²) in [6.45, 7) is 3.71. The molecule has 1 aliphatic heterocycles. The first-order valence-electron chi connectivity index (χ1n) is 7.29. The number of rotatable bonds is 3. The third kappa shape index (κ3) is 2.92. The maximum atomic E-state index is 11.3. The fourth-order valence-electron chi connectivity index (χ4n) is 2.61. The van der Waals surface area contributed by atoms with Gasteiger partial charge in [0.1, 0.15) is 5.82 Å². The number of hydrogen-bond donors (Lipinski definition) is 0. The largest absolute Gasteiger partial charge is 0.354 e. The zero-order valence-electron chi connectivity index (χ0n) is 12.5. The molecule has 0 spiro atoms. The number of aromatic nitrogens is 1. The molecule has 0 radical (unpaired) electrons. The molecule has 2 heterocycles. The third-order valence-corrected chi connectivity index (χ3v) is 3.93. The highest BCUT2D eigenvalue weighted by Crippen LogP contribution is 2.30. The number of benzene rings is 1. The van der Waals surface area contributed by atoms with E-state index in [9.17, 15) is 10.1 Å². The van der Waals surface area contributed by atoms with Crippen LogP contribution in [-0.4, -0.2) is 48.0 Å². The van der Waals surface area contributed by atoms with Crippen molar-refractivity contribution in [3.63, 3.8) is 0 Å². The van der Waals surface area contributed by atoms with Gasteiger partial charge in [-0.3, -0.25) is 10.1 Å². The van der Waals surface area contributed by atoms with E-state index < -0.39 is 0 Å². The first kappa shape index (κ1) is 14.5. The molecule has 22 heavy (non-hydrogen) atoms. The van der Waals surface area contributed by atoms with Crippen molar-refractivity contribution in [2.75, 3.05) is 38.1 Å². The molecular weight excluding hydrogens is 280 g/mol. The number of hydrogen-bond acceptors (Lipinski definition) is 5. The lowest BCUT2D eigenvalue weighted by Gasteiger charge is -2.33. The van der Waals surface area contributed by atoms with Gasteiger partial charge in [-0.05, 0) is 13.1 Å². The van der Waals surface area contributed by atoms with E-state index in [0.717, 1.165) is 37.6 Å². The van der Waals surface area contributed by atoms with Crippen molar-refractivity contribution >= 4 is 11.5 Å². The molecular formula is C16H18N4O2. The van der Waals surface area contributed by atoms with Crippen molar-refractivity contribution in [3.8, 4) is 11.3 Å². The normalized spacial score (nSPS) is 15.8. The summed E-state index contributed by atoms with van der Waals surface area (Å²) < 4.78 is 0. The van der Waals surface area contributed by atoms with E-state index in [4.69, 9.17) is 0 Å². The van der Waals surface area contributed by atoms with E-state index in [1.807, 2.05) is 30.3 Å². The lowest BCUT2D eigenvalue weighted by Crippen LogP contribution is -2.44. The summed E-state index contributed by atoms with van der Waals surface area (Å²) in [7, 11) is 2.09. The van der Waals surface area contributed by atoms with Crippen molar-refractivity contribution in [2.45, 2.75) is 0 Å². The Hall–Kier alpha value is -2.47. The van der Waals surface area contributed by atoms with Crippen molar-refractivity contribution in [2.24, 2.45) is 0 Å². The molecule has 6 nitrogen and oxygen atoms in total. The maximum absolute atomic E-state index is 11.3. The van der Waals surface area contributed by atoms with Gasteiger partial charge in [-0.25, -0.2) is 4.98 Å². The van der Waals surface area contributed by atoms with Gasteiger partial charge in [-0.15, -0.1) is 0 Å². The summed E-state index contributed by atoms with van der Waals surface area (Å²) in [5.41, 5.74) is 1.25. The molecule has 0 N–H and O–H groups in total. The Kier molecular flexibility index (Phi) is 4.02. The van der Waals surface area contributed by atoms with Gasteiger partial charge in [-0.1, -0.05) is 30.3 Å². The molecule has 6 heteroatoms. The molecule has 0 bridgehead atoms. The van der Waals surface area contributed by atoms with Crippen molar-refractivity contribution < 1.29 is 4.92 Å². The van der Waals surface area contributed by atoms with E-state index in [0.29, 0.717) is 5.69 Å². The predicted molar refractivity (Wildman–Crippen MR) is 86.0 cm³/mol. The second-order valence-corrected chi connectivity index (χ2v) is 5.45. The number of piperazine rings is 1. The van der Waals surface area contributed by atoms with Crippen molar-refractivity contribution in [1.29, 1.82) is 0 Å². The second kappa shape index (κ2) is 6.11. The summed E-state index contributed by atoms with van der Waals surface area (Å²) in [6.07, 6.45) is 0. The smallest absolute Gasteiger partial charge is 0.295 e. The zero-order chi connectivity index (χ0) is 15.5. The fraction of sp³-hybridized carbons (Fsp3) is 0.312. The van der Waals surface area contributed by atoms with E-state index >= 15 is 0 Å². The van der Waals surface area contributed by atoms with Crippen LogP contribution in [0.15, 0.2) is 42.5 Å². The number of likely N-dealkylation sites (N-methyl/N-ethyl adjacent to an activating group) is 1. The van der Waals surface area contributed by atoms with E-state index in [-0.39, 0.29) is 10.6 Å². The molecule has 1 aromatic carbocycles. The van der Waals surface area contributed by atoms with Crippen molar-refractivity contribution in [1.82, 2.24) is 9.88 Å². The van der Waals surface area contributed by atoms with Crippen LogP contribution < -0.4 is 4.90 Å². The molecule has 0 atom stereocenters. The molecule has 1 aromatic heterocycles. The summed E-state index contributed by atoms with van der Waals surface area (Å²) in [6, 6.07) is 12.6. The highest BCUT2D eigenvalue weighted by atomic mass is 16.6. The minimum absolute atomic E-state index is 0.0454. The van der Waals surface area contributed by atoms with Gasteiger partial charge in [0.2, 0.25) is 0 Å². The third-order valence-electron chi connectivity index (χ3n) is 3.93. The van der Waals surface area contributed by atoms with Crippen molar-refractivity contribution in [3.05, 3.63) is 52.6 Å². The van der Waals surface area contributed by atoms with Crippen LogP contribution in [0.1, 0.15) is 0 Å². The molecule has 0 unspecified atom stereocenters. The van der Waals surface area contributed by atoms with Crippen LogP contribution in [-0.2, 0) is 0 Å². The fourth-order valence-corrected chi connectivity index (χ4v) is 2.61. The standard InChI is InChI=1S/C16H18N4O2/c1-18-9-11-19(12-10-18)15-8-7-14(20(21)22)16(17-15)13-5-3-2-4-6-13/h2-8H,9-12H2,1H3. The number of anilines is 1. The molecule has 1 saturated heterocycles. The second-order valence-electron chi connectivity index (χ2n) is 5.45. The van der Waals surface area contributed by atoms with Crippen LogP contribution in [0.25, 0.3) is 11.3 Å². The zero-order valence-corrected chi connectivity index (χ0v) is 12.5. The summed E-state index contributed by atoms with van der Waals surface area (Å²) >= 11 is 0. The van der Waals surface area contributed by atoms with Crippen LogP contribution in [0.4, 0.5) is 11.5 Å². The Bertz CT molecular complexity index is 667. The Balaban J connectivity index is 1.99. The summed E-state index contributed by atoms with van der Waals surface area (Å²) in [5.74, 6) is 0.803. The molecule has 3 rings (SSSR count). The highest BCUT2D eigenvalue weighted by Gasteiger charge is 2.21. The Morgan fingerprint density at radius 2 is 1.73 bits per heavy atom. The average molecular weight is 298 g/mol. The number of pyridine rings is 1. The first-order valence-corrected chi connectivity index (χ1v) is 7.29. The molecule has 1 fully saturated rings. The Morgan fingerprint density at radius 3 is 2.36 bits per heavy atom. The van der Waals surface area contributed by atoms with Gasteiger partial charge < -0.3 is 9.80 Å². The molecule has 2 aromatic rings. The van der Waals surface area contributed by atoms with Crippen LogP contribution in [0.3, 0.4) is 0 Å². The molecule has 1 aliphatic rings. The minimum Gasteiger partial charge on any atom is -0.354 e. The van der Waals surface area contributed by atoms with Crippen LogP contribution in [0, 0.1) is 10.1 Å². The predicted octanol–water partition coefficient (Wildman–Crippen LogP) is 2.41. The average Bonchev–Trinajstić information content (AvgIpc) is 2.56. The van der Waals surface area contributed by atoms with Crippen LogP contribution in [0.2, 0.25) is 0 Å². The van der Waals surface area contributed by atoms with Gasteiger partial charge in [0.05, 0.1) is 4.92 Å². The molecule has 114 valence electrons. The van der Waals surface area contributed by atoms with Gasteiger partial charge in [-0.2, -0.15) is 0 Å². The number of nitrogens with zero attached hydrogens (tertiary/aromatic N) is 4. The topological polar surface area (TPSA) is 62.5 Å². The van der Waals surface area contributed by atoms with E-state index in [1.54, 1.807) is 12.1 Å². The van der Waals surface area contributed by atoms with E-state index in [1.165, 1.54) is 0 Å². The van der Waals surface area contributed by atoms with E-state index in [2.05, 4.69) is 21.8 Å². The van der Waals surface area contributed by atoms with Gasteiger partial charge in [0, 0.05) is 37.8 Å². The van der Waals surface area contributed by atoms with Gasteiger partial charge in [0.15, 0.2) is 5.69 Å². The Morgan fingerprint density at radius 1 is 1.05 bits per heavy atom. The molecule has 0 saturated carbocycles. The summed E-state index contributed by atoms with van der Waals surface area (Å²) in [5, 5.41) is 11.3. The monoisotopic (exact) mass is 298 g/mol. The van der Waals surface area contributed by atoms with Crippen LogP contribution >= 0.6 is 0 Å². The highest BCUT2D eigenvalue weighted by molar-refractivity contribution is 5.71. The SMILES string of the molecule is CN1CCN(c2ccc([N+](=O)[O-])c(-c3ccccc3)n2)CC1. The lowest BCUT2D eigenvalue weighted by molar-refractivity contribution is -0.384. The lowest BCUT2D eigenvalue weighted by atomic mass is 10.1. The Labute approximate surface area is 129 Å². The van der Waals surface area contributed by atoms with Gasteiger partial charge >= 0.3 is 0 Å². The quantitative estimate of drug-likeness (QED) is 0.643. The first-order chi connectivity index (χ1) is 10.6. The molecule has 0 amide bonds. The molecule has 0 aliphatic carbocycles. The van der Waals surface area contributed by atoms with Gasteiger partial charge in [0.25, 0.3) is 5.69 Å². The summed E-state index contributed by atoms with van der Waals surface area (Å²) in [4.78, 5) is 19.9. The number of nitro groups is 1.